The van der Waals surface area contributed by atoms with Crippen molar-refractivity contribution < 1.29 is 18.4 Å². The molecule has 0 saturated carbocycles. The summed E-state index contributed by atoms with van der Waals surface area (Å²) in [7, 11) is 0. The van der Waals surface area contributed by atoms with E-state index in [1.54, 1.807) is 12.1 Å². The molecule has 1 aliphatic rings. The highest BCUT2D eigenvalue weighted by molar-refractivity contribution is 5.99. The van der Waals surface area contributed by atoms with Crippen molar-refractivity contribution >= 4 is 29.0 Å². The predicted molar refractivity (Wildman–Crippen MR) is 120 cm³/mol. The summed E-state index contributed by atoms with van der Waals surface area (Å²) in [5, 5.41) is 5.12. The fourth-order valence-electron chi connectivity index (χ4n) is 3.55. The Kier molecular flexibility index (Phi) is 6.30. The molecule has 0 aliphatic carbocycles. The van der Waals surface area contributed by atoms with E-state index in [1.165, 1.54) is 6.07 Å². The van der Waals surface area contributed by atoms with Crippen LogP contribution in [0.5, 0.6) is 0 Å². The minimum absolute atomic E-state index is 0.0387. The van der Waals surface area contributed by atoms with Gasteiger partial charge < -0.3 is 20.4 Å². The Morgan fingerprint density at radius 2 is 1.34 bits per heavy atom. The average Bonchev–Trinajstić information content (AvgIpc) is 2.82. The van der Waals surface area contributed by atoms with E-state index < -0.39 is 17.7 Å². The number of halogens is 2. The van der Waals surface area contributed by atoms with Crippen LogP contribution in [-0.2, 0) is 0 Å². The lowest BCUT2D eigenvalue weighted by atomic mass is 10.1. The van der Waals surface area contributed by atoms with Gasteiger partial charge in [0, 0.05) is 54.9 Å². The predicted octanol–water partition coefficient (Wildman–Crippen LogP) is 4.57. The number of carbonyl (C=O) groups excluding carboxylic acids is 2. The van der Waals surface area contributed by atoms with E-state index in [-0.39, 0.29) is 11.6 Å². The van der Waals surface area contributed by atoms with Crippen LogP contribution in [0, 0.1) is 11.6 Å². The number of rotatable bonds is 4. The van der Waals surface area contributed by atoms with Crippen molar-refractivity contribution in [2.24, 2.45) is 0 Å². The molecule has 1 saturated heterocycles. The zero-order valence-corrected chi connectivity index (χ0v) is 17.2. The van der Waals surface area contributed by atoms with Crippen LogP contribution < -0.4 is 15.5 Å². The molecule has 3 aromatic carbocycles. The molecule has 2 N–H and O–H groups in total. The minimum Gasteiger partial charge on any atom is -0.368 e. The van der Waals surface area contributed by atoms with Crippen LogP contribution in [0.1, 0.15) is 10.4 Å². The molecule has 8 heteroatoms. The Morgan fingerprint density at radius 1 is 0.719 bits per heavy atom. The first kappa shape index (κ1) is 21.3. The van der Waals surface area contributed by atoms with Gasteiger partial charge in [0.25, 0.3) is 5.91 Å². The average molecular weight is 436 g/mol. The number of carbonyl (C=O) groups is 2. The molecule has 1 aliphatic heterocycles. The van der Waals surface area contributed by atoms with Gasteiger partial charge in [0.05, 0.1) is 0 Å². The van der Waals surface area contributed by atoms with Crippen LogP contribution in [0.25, 0.3) is 0 Å². The monoisotopic (exact) mass is 436 g/mol. The molecule has 1 fully saturated rings. The summed E-state index contributed by atoms with van der Waals surface area (Å²) in [4.78, 5) is 28.7. The summed E-state index contributed by atoms with van der Waals surface area (Å²) in [5.74, 6) is -1.97. The number of nitrogens with zero attached hydrogens (tertiary/aromatic N) is 2. The number of piperazine rings is 1. The third-order valence-electron chi connectivity index (χ3n) is 5.26. The lowest BCUT2D eigenvalue weighted by Gasteiger charge is -2.36. The summed E-state index contributed by atoms with van der Waals surface area (Å²) in [5.41, 5.74) is 2.40. The normalized spacial score (nSPS) is 13.6. The van der Waals surface area contributed by atoms with Crippen LogP contribution in [0.4, 0.5) is 30.6 Å². The maximum atomic E-state index is 13.3. The molecule has 6 nitrogen and oxygen atoms in total. The summed E-state index contributed by atoms with van der Waals surface area (Å²) in [6.45, 7) is 2.68. The van der Waals surface area contributed by atoms with Crippen molar-refractivity contribution in [3.63, 3.8) is 0 Å². The van der Waals surface area contributed by atoms with Crippen molar-refractivity contribution in [3.8, 4) is 0 Å². The number of urea groups is 1. The van der Waals surface area contributed by atoms with E-state index >= 15 is 0 Å². The quantitative estimate of drug-likeness (QED) is 0.630. The number of nitrogens with one attached hydrogen (secondary N) is 2. The first-order chi connectivity index (χ1) is 15.5. The van der Waals surface area contributed by atoms with Gasteiger partial charge in [-0.3, -0.25) is 4.79 Å². The van der Waals surface area contributed by atoms with Crippen molar-refractivity contribution in [1.82, 2.24) is 4.90 Å². The smallest absolute Gasteiger partial charge is 0.323 e. The van der Waals surface area contributed by atoms with Crippen LogP contribution in [0.2, 0.25) is 0 Å². The lowest BCUT2D eigenvalue weighted by molar-refractivity contribution is 0.0747. The molecule has 0 radical (unpaired) electrons. The summed E-state index contributed by atoms with van der Waals surface area (Å²) in [6.07, 6.45) is 0. The van der Waals surface area contributed by atoms with E-state index in [9.17, 15) is 18.4 Å². The summed E-state index contributed by atoms with van der Waals surface area (Å²) < 4.78 is 26.2. The van der Waals surface area contributed by atoms with Gasteiger partial charge in [0.2, 0.25) is 0 Å². The number of anilines is 3. The van der Waals surface area contributed by atoms with Crippen LogP contribution >= 0.6 is 0 Å². The Hall–Kier alpha value is -3.94. The Bertz CT molecular complexity index is 1100. The van der Waals surface area contributed by atoms with E-state index in [2.05, 4.69) is 15.5 Å². The van der Waals surface area contributed by atoms with E-state index in [0.717, 1.165) is 17.8 Å². The summed E-state index contributed by atoms with van der Waals surface area (Å²) >= 11 is 0. The molecule has 32 heavy (non-hydrogen) atoms. The third kappa shape index (κ3) is 5.03. The summed E-state index contributed by atoms with van der Waals surface area (Å²) in [6, 6.07) is 19.2. The number of benzene rings is 3. The molecular weight excluding hydrogens is 414 g/mol. The lowest BCUT2D eigenvalue weighted by Crippen LogP contribution is -2.48. The van der Waals surface area contributed by atoms with Gasteiger partial charge in [-0.1, -0.05) is 18.2 Å². The number of hydrogen-bond acceptors (Lipinski definition) is 3. The molecule has 1 heterocycles. The Labute approximate surface area is 184 Å². The van der Waals surface area contributed by atoms with Gasteiger partial charge >= 0.3 is 6.03 Å². The molecular formula is C24H22F2N4O2. The molecule has 3 aromatic rings. The van der Waals surface area contributed by atoms with E-state index in [0.29, 0.717) is 37.4 Å². The highest BCUT2D eigenvalue weighted by Gasteiger charge is 2.22. The fourth-order valence-corrected chi connectivity index (χ4v) is 3.55. The molecule has 0 spiro atoms. The van der Waals surface area contributed by atoms with Crippen molar-refractivity contribution in [1.29, 1.82) is 0 Å². The number of amides is 3. The van der Waals surface area contributed by atoms with Crippen LogP contribution in [-0.4, -0.2) is 43.0 Å². The van der Waals surface area contributed by atoms with Crippen molar-refractivity contribution in [2.45, 2.75) is 0 Å². The van der Waals surface area contributed by atoms with E-state index in [4.69, 9.17) is 0 Å². The van der Waals surface area contributed by atoms with Crippen LogP contribution in [0.3, 0.4) is 0 Å². The Morgan fingerprint density at radius 3 is 2.00 bits per heavy atom. The zero-order valence-electron chi connectivity index (χ0n) is 17.2. The number of hydrogen-bond donors (Lipinski definition) is 2. The largest absolute Gasteiger partial charge is 0.368 e. The topological polar surface area (TPSA) is 64.7 Å². The Balaban J connectivity index is 1.29. The first-order valence-electron chi connectivity index (χ1n) is 10.2. The van der Waals surface area contributed by atoms with Crippen LogP contribution in [0.15, 0.2) is 72.8 Å². The molecule has 4 rings (SSSR count). The second-order valence-electron chi connectivity index (χ2n) is 7.40. The van der Waals surface area contributed by atoms with Gasteiger partial charge in [-0.2, -0.15) is 0 Å². The SMILES string of the molecule is O=C(Nc1ccc(N2CCN(C(=O)c3ccccc3)CC2)cc1)Nc1ccc(F)c(F)c1. The maximum Gasteiger partial charge on any atom is 0.323 e. The van der Waals surface area contributed by atoms with Gasteiger partial charge in [0.1, 0.15) is 0 Å². The molecule has 3 amide bonds. The van der Waals surface area contributed by atoms with Gasteiger partial charge in [-0.25, -0.2) is 13.6 Å². The van der Waals surface area contributed by atoms with Gasteiger partial charge in [-0.05, 0) is 48.5 Å². The second-order valence-corrected chi connectivity index (χ2v) is 7.40. The second kappa shape index (κ2) is 9.47. The molecule has 164 valence electrons. The minimum atomic E-state index is -1.03. The van der Waals surface area contributed by atoms with E-state index in [1.807, 2.05) is 47.4 Å². The third-order valence-corrected chi connectivity index (χ3v) is 5.26. The fraction of sp³-hybridized carbons (Fsp3) is 0.167. The van der Waals surface area contributed by atoms with Crippen molar-refractivity contribution in [3.05, 3.63) is 90.0 Å². The first-order valence-corrected chi connectivity index (χ1v) is 10.2. The molecule has 0 unspecified atom stereocenters. The maximum absolute atomic E-state index is 13.3. The zero-order chi connectivity index (χ0) is 22.5. The highest BCUT2D eigenvalue weighted by atomic mass is 19.2. The molecule has 0 aromatic heterocycles. The highest BCUT2D eigenvalue weighted by Crippen LogP contribution is 2.21. The van der Waals surface area contributed by atoms with Crippen molar-refractivity contribution in [2.75, 3.05) is 41.7 Å². The van der Waals surface area contributed by atoms with Gasteiger partial charge in [0.15, 0.2) is 11.6 Å². The molecule has 0 bridgehead atoms. The molecule has 0 atom stereocenters. The van der Waals surface area contributed by atoms with Gasteiger partial charge in [-0.15, -0.1) is 0 Å². The standard InChI is InChI=1S/C24H22F2N4O2/c25-21-11-8-19(16-22(21)26)28-24(32)27-18-6-9-20(10-7-18)29-12-14-30(15-13-29)23(31)17-4-2-1-3-5-17/h1-11,16H,12-15H2,(H2,27,28,32).